The Morgan fingerprint density at radius 3 is 2.72 bits per heavy atom. The van der Waals surface area contributed by atoms with Crippen LogP contribution in [0.15, 0.2) is 36.7 Å². The first-order valence-electron chi connectivity index (χ1n) is 8.90. The number of nitrogens with zero attached hydrogens (tertiary/aromatic N) is 2. The minimum atomic E-state index is -0.208. The summed E-state index contributed by atoms with van der Waals surface area (Å²) in [5.41, 5.74) is 3.02. The lowest BCUT2D eigenvalue weighted by Gasteiger charge is -2.30. The number of carbonyl (C=O) groups is 1. The van der Waals surface area contributed by atoms with Gasteiger partial charge in [-0.15, -0.1) is 0 Å². The molecule has 6 heteroatoms. The van der Waals surface area contributed by atoms with Gasteiger partial charge in [-0.2, -0.15) is 5.10 Å². The topological polar surface area (TPSA) is 79.2 Å². The lowest BCUT2D eigenvalue weighted by molar-refractivity contribution is 0.156. The van der Waals surface area contributed by atoms with Crippen LogP contribution in [0.4, 0.5) is 10.5 Å². The molecule has 1 aromatic heterocycles. The number of rotatable bonds is 5. The van der Waals surface area contributed by atoms with Gasteiger partial charge in [0, 0.05) is 30.5 Å². The van der Waals surface area contributed by atoms with Crippen LogP contribution in [0.2, 0.25) is 0 Å². The summed E-state index contributed by atoms with van der Waals surface area (Å²) in [5, 5.41) is 19.6. The van der Waals surface area contributed by atoms with Gasteiger partial charge in [-0.1, -0.05) is 25.0 Å². The number of anilines is 1. The smallest absolute Gasteiger partial charge is 0.319 e. The number of aryl methyl sites for hydroxylation is 1. The van der Waals surface area contributed by atoms with Crippen LogP contribution in [0.1, 0.15) is 36.8 Å². The van der Waals surface area contributed by atoms with E-state index in [9.17, 15) is 9.90 Å². The monoisotopic (exact) mass is 342 g/mol. The van der Waals surface area contributed by atoms with Crippen molar-refractivity contribution < 1.29 is 9.90 Å². The van der Waals surface area contributed by atoms with E-state index in [4.69, 9.17) is 0 Å². The van der Waals surface area contributed by atoms with Gasteiger partial charge in [0.05, 0.1) is 12.7 Å². The second-order valence-electron chi connectivity index (χ2n) is 6.84. The maximum Gasteiger partial charge on any atom is 0.319 e. The van der Waals surface area contributed by atoms with Gasteiger partial charge >= 0.3 is 6.03 Å². The van der Waals surface area contributed by atoms with Crippen LogP contribution >= 0.6 is 0 Å². The van der Waals surface area contributed by atoms with E-state index in [0.29, 0.717) is 6.54 Å². The zero-order valence-corrected chi connectivity index (χ0v) is 14.6. The first-order valence-corrected chi connectivity index (χ1v) is 8.90. The summed E-state index contributed by atoms with van der Waals surface area (Å²) >= 11 is 0. The van der Waals surface area contributed by atoms with Crippen molar-refractivity contribution in [3.8, 4) is 0 Å². The van der Waals surface area contributed by atoms with E-state index in [2.05, 4.69) is 15.7 Å². The number of aliphatic hydroxyl groups excluding tert-OH is 1. The summed E-state index contributed by atoms with van der Waals surface area (Å²) in [4.78, 5) is 12.2. The van der Waals surface area contributed by atoms with Crippen molar-refractivity contribution in [2.45, 2.75) is 45.2 Å². The van der Waals surface area contributed by atoms with E-state index in [0.717, 1.165) is 42.5 Å². The number of hydrogen-bond donors (Lipinski definition) is 3. The highest BCUT2D eigenvalue weighted by Crippen LogP contribution is 2.24. The molecule has 1 aliphatic rings. The number of carbonyl (C=O) groups excluding carboxylic acids is 1. The maximum absolute atomic E-state index is 12.2. The highest BCUT2D eigenvalue weighted by molar-refractivity contribution is 5.89. The number of aromatic nitrogens is 2. The molecule has 3 rings (SSSR count). The van der Waals surface area contributed by atoms with Crippen molar-refractivity contribution in [2.75, 3.05) is 11.9 Å². The standard InChI is InChI=1S/C19H26N4O2/c1-14-10-20-23(11-14)12-15-6-8-17(9-7-15)21-19(25)22-18-5-3-2-4-16(18)13-24/h6-11,16,18,24H,2-5,12-13H2,1H3,(H2,21,22,25)/t16-,18+/m1/s1. The zero-order valence-electron chi connectivity index (χ0n) is 14.6. The van der Waals surface area contributed by atoms with Crippen LogP contribution < -0.4 is 10.6 Å². The Morgan fingerprint density at radius 2 is 2.04 bits per heavy atom. The van der Waals surface area contributed by atoms with E-state index >= 15 is 0 Å². The summed E-state index contributed by atoms with van der Waals surface area (Å²) in [6.07, 6.45) is 7.97. The van der Waals surface area contributed by atoms with Crippen LogP contribution in [0.3, 0.4) is 0 Å². The zero-order chi connectivity index (χ0) is 17.6. The fourth-order valence-corrected chi connectivity index (χ4v) is 3.39. The molecule has 2 amide bonds. The average molecular weight is 342 g/mol. The fraction of sp³-hybridized carbons (Fsp3) is 0.474. The van der Waals surface area contributed by atoms with Gasteiger partial charge in [0.25, 0.3) is 0 Å². The molecule has 1 fully saturated rings. The summed E-state index contributed by atoms with van der Waals surface area (Å²) < 4.78 is 1.89. The molecule has 0 spiro atoms. The lowest BCUT2D eigenvalue weighted by atomic mass is 9.85. The Balaban J connectivity index is 1.53. The first kappa shape index (κ1) is 17.5. The maximum atomic E-state index is 12.2. The van der Waals surface area contributed by atoms with Gasteiger partial charge in [0.1, 0.15) is 0 Å². The fourth-order valence-electron chi connectivity index (χ4n) is 3.39. The molecule has 25 heavy (non-hydrogen) atoms. The van der Waals surface area contributed by atoms with Crippen LogP contribution in [0.5, 0.6) is 0 Å². The second-order valence-corrected chi connectivity index (χ2v) is 6.84. The van der Waals surface area contributed by atoms with Crippen molar-refractivity contribution in [3.63, 3.8) is 0 Å². The minimum absolute atomic E-state index is 0.0566. The summed E-state index contributed by atoms with van der Waals surface area (Å²) in [6, 6.07) is 7.63. The van der Waals surface area contributed by atoms with Gasteiger partial charge in [-0.25, -0.2) is 4.79 Å². The van der Waals surface area contributed by atoms with E-state index in [1.165, 1.54) is 0 Å². The van der Waals surface area contributed by atoms with E-state index in [1.54, 1.807) is 0 Å². The van der Waals surface area contributed by atoms with Crippen LogP contribution in [0.25, 0.3) is 0 Å². The molecule has 1 aromatic carbocycles. The quantitative estimate of drug-likeness (QED) is 0.782. The second kappa shape index (κ2) is 8.16. The Labute approximate surface area is 148 Å². The molecule has 0 aliphatic heterocycles. The molecule has 0 radical (unpaired) electrons. The number of amides is 2. The van der Waals surface area contributed by atoms with Crippen molar-refractivity contribution in [1.29, 1.82) is 0 Å². The molecule has 0 unspecified atom stereocenters. The molecule has 2 atom stereocenters. The predicted octanol–water partition coefficient (Wildman–Crippen LogP) is 2.91. The van der Waals surface area contributed by atoms with Crippen molar-refractivity contribution in [3.05, 3.63) is 47.8 Å². The number of aliphatic hydroxyl groups is 1. The number of hydrogen-bond acceptors (Lipinski definition) is 3. The highest BCUT2D eigenvalue weighted by Gasteiger charge is 2.25. The van der Waals surface area contributed by atoms with E-state index in [-0.39, 0.29) is 24.6 Å². The molecule has 0 bridgehead atoms. The van der Waals surface area contributed by atoms with Gasteiger partial charge in [0.2, 0.25) is 0 Å². The SMILES string of the molecule is Cc1cnn(Cc2ccc(NC(=O)N[C@H]3CCCC[C@@H]3CO)cc2)c1. The third-order valence-corrected chi connectivity index (χ3v) is 4.78. The highest BCUT2D eigenvalue weighted by atomic mass is 16.3. The molecule has 3 N–H and O–H groups in total. The van der Waals surface area contributed by atoms with Crippen molar-refractivity contribution in [2.24, 2.45) is 5.92 Å². The van der Waals surface area contributed by atoms with E-state index in [1.807, 2.05) is 48.3 Å². The van der Waals surface area contributed by atoms with Crippen LogP contribution in [0, 0.1) is 12.8 Å². The van der Waals surface area contributed by atoms with Crippen molar-refractivity contribution >= 4 is 11.7 Å². The molecular formula is C19H26N4O2. The van der Waals surface area contributed by atoms with Gasteiger partial charge in [-0.3, -0.25) is 4.68 Å². The normalized spacial score (nSPS) is 20.2. The predicted molar refractivity (Wildman–Crippen MR) is 97.5 cm³/mol. The molecule has 0 saturated heterocycles. The minimum Gasteiger partial charge on any atom is -0.396 e. The summed E-state index contributed by atoms with van der Waals surface area (Å²) in [5.74, 6) is 0.166. The number of nitrogens with one attached hydrogen (secondary N) is 2. The molecule has 6 nitrogen and oxygen atoms in total. The molecule has 2 aromatic rings. The third kappa shape index (κ3) is 4.82. The van der Waals surface area contributed by atoms with Crippen molar-refractivity contribution in [1.82, 2.24) is 15.1 Å². The van der Waals surface area contributed by atoms with Crippen LogP contribution in [-0.2, 0) is 6.54 Å². The molecule has 1 heterocycles. The van der Waals surface area contributed by atoms with E-state index < -0.39 is 0 Å². The number of benzene rings is 1. The molecule has 1 aliphatic carbocycles. The molecular weight excluding hydrogens is 316 g/mol. The largest absolute Gasteiger partial charge is 0.396 e. The van der Waals surface area contributed by atoms with Gasteiger partial charge in [-0.05, 0) is 43.0 Å². The Hall–Kier alpha value is -2.34. The lowest BCUT2D eigenvalue weighted by Crippen LogP contribution is -2.45. The molecule has 134 valence electrons. The Bertz CT molecular complexity index is 696. The van der Waals surface area contributed by atoms with Crippen LogP contribution in [-0.4, -0.2) is 33.6 Å². The third-order valence-electron chi connectivity index (χ3n) is 4.78. The average Bonchev–Trinajstić information content (AvgIpc) is 3.02. The first-order chi connectivity index (χ1) is 12.1. The Kier molecular flexibility index (Phi) is 5.71. The van der Waals surface area contributed by atoms with Gasteiger partial charge in [0.15, 0.2) is 0 Å². The summed E-state index contributed by atoms with van der Waals surface area (Å²) in [6.45, 7) is 2.86. The summed E-state index contributed by atoms with van der Waals surface area (Å²) in [7, 11) is 0. The Morgan fingerprint density at radius 1 is 1.28 bits per heavy atom. The van der Waals surface area contributed by atoms with Gasteiger partial charge < -0.3 is 15.7 Å². The molecule has 1 saturated carbocycles. The number of urea groups is 1.